The molecule has 2 fully saturated rings. The molecule has 0 aromatic rings. The summed E-state index contributed by atoms with van der Waals surface area (Å²) in [6.45, 7) is 7.33. The molecule has 1 saturated carbocycles. The van der Waals surface area contributed by atoms with Gasteiger partial charge in [0.05, 0.1) is 0 Å². The summed E-state index contributed by atoms with van der Waals surface area (Å²) >= 11 is 0. The van der Waals surface area contributed by atoms with Crippen molar-refractivity contribution in [3.63, 3.8) is 0 Å². The smallest absolute Gasteiger partial charge is 0.00150 e. The van der Waals surface area contributed by atoms with Crippen molar-refractivity contribution >= 4 is 0 Å². The first-order valence-electron chi connectivity index (χ1n) is 8.29. The van der Waals surface area contributed by atoms with Crippen LogP contribution >= 0.6 is 0 Å². The fraction of sp³-hybridized carbons (Fsp3) is 1.00. The van der Waals surface area contributed by atoms with E-state index in [0.29, 0.717) is 0 Å². The average molecular weight is 252 g/mol. The summed E-state index contributed by atoms with van der Waals surface area (Å²) in [5, 5.41) is 7.17. The lowest BCUT2D eigenvalue weighted by atomic mass is 9.92. The van der Waals surface area contributed by atoms with Crippen LogP contribution in [0.3, 0.4) is 0 Å². The van der Waals surface area contributed by atoms with Gasteiger partial charge in [-0.05, 0) is 63.2 Å². The van der Waals surface area contributed by atoms with E-state index in [1.165, 1.54) is 84.0 Å². The van der Waals surface area contributed by atoms with Gasteiger partial charge in [-0.3, -0.25) is 0 Å². The van der Waals surface area contributed by atoms with E-state index >= 15 is 0 Å². The van der Waals surface area contributed by atoms with Crippen LogP contribution in [0.4, 0.5) is 0 Å². The van der Waals surface area contributed by atoms with Crippen LogP contribution in [0.25, 0.3) is 0 Å². The highest BCUT2D eigenvalue weighted by Crippen LogP contribution is 2.58. The Labute approximate surface area is 113 Å². The first kappa shape index (κ1) is 14.3. The average Bonchev–Trinajstić information content (AvgIpc) is 3.06. The summed E-state index contributed by atoms with van der Waals surface area (Å²) in [6, 6.07) is 0. The predicted molar refractivity (Wildman–Crippen MR) is 78.9 cm³/mol. The molecule has 0 aromatic carbocycles. The molecule has 0 bridgehead atoms. The van der Waals surface area contributed by atoms with Crippen molar-refractivity contribution in [1.29, 1.82) is 0 Å². The van der Waals surface area contributed by atoms with E-state index in [9.17, 15) is 0 Å². The van der Waals surface area contributed by atoms with Crippen LogP contribution in [0.15, 0.2) is 0 Å². The Morgan fingerprint density at radius 3 is 2.56 bits per heavy atom. The quantitative estimate of drug-likeness (QED) is 0.615. The first-order valence-corrected chi connectivity index (χ1v) is 8.29. The first-order chi connectivity index (χ1) is 8.87. The van der Waals surface area contributed by atoms with E-state index in [1.807, 2.05) is 0 Å². The second kappa shape index (κ2) is 7.49. The van der Waals surface area contributed by atoms with Gasteiger partial charge in [0.15, 0.2) is 0 Å². The normalized spacial score (nSPS) is 25.5. The number of piperidine rings is 1. The van der Waals surface area contributed by atoms with E-state index in [-0.39, 0.29) is 0 Å². The maximum atomic E-state index is 3.69. The van der Waals surface area contributed by atoms with E-state index in [4.69, 9.17) is 0 Å². The Morgan fingerprint density at radius 1 is 1.06 bits per heavy atom. The molecule has 106 valence electrons. The Morgan fingerprint density at radius 2 is 1.78 bits per heavy atom. The van der Waals surface area contributed by atoms with Crippen LogP contribution in [0, 0.1) is 11.3 Å². The minimum atomic E-state index is 0.763. The Kier molecular flexibility index (Phi) is 5.97. The summed E-state index contributed by atoms with van der Waals surface area (Å²) in [5.41, 5.74) is 0.763. The molecule has 0 amide bonds. The molecule has 2 nitrogen and oxygen atoms in total. The maximum Gasteiger partial charge on any atom is -0.00150 e. The van der Waals surface area contributed by atoms with Gasteiger partial charge in [-0.25, -0.2) is 0 Å². The maximum absolute atomic E-state index is 3.69. The molecule has 1 aliphatic heterocycles. The van der Waals surface area contributed by atoms with Crippen molar-refractivity contribution < 1.29 is 0 Å². The molecule has 2 rings (SSSR count). The van der Waals surface area contributed by atoms with Crippen molar-refractivity contribution in [2.45, 2.75) is 64.7 Å². The molecule has 1 atom stereocenters. The lowest BCUT2D eigenvalue weighted by Gasteiger charge is -2.23. The third kappa shape index (κ3) is 4.24. The molecule has 1 saturated heterocycles. The van der Waals surface area contributed by atoms with Crippen molar-refractivity contribution in [3.05, 3.63) is 0 Å². The van der Waals surface area contributed by atoms with E-state index in [2.05, 4.69) is 17.6 Å². The third-order valence-electron chi connectivity index (χ3n) is 5.06. The standard InChI is InChI=1S/C16H32N2/c1-2-3-4-5-6-7-10-18-14-15-13-16(15)8-11-17-12-9-16/h15,17-18H,2-14H2,1H3. The number of unbranched alkanes of at least 4 members (excludes halogenated alkanes) is 5. The molecule has 1 unspecified atom stereocenters. The molecule has 0 radical (unpaired) electrons. The van der Waals surface area contributed by atoms with E-state index in [1.54, 1.807) is 0 Å². The molecule has 2 heteroatoms. The van der Waals surface area contributed by atoms with Crippen LogP contribution in [0.2, 0.25) is 0 Å². The number of nitrogens with one attached hydrogen (secondary N) is 2. The zero-order valence-corrected chi connectivity index (χ0v) is 12.3. The second-order valence-electron chi connectivity index (χ2n) is 6.49. The molecular formula is C16H32N2. The molecule has 1 spiro atoms. The van der Waals surface area contributed by atoms with Crippen molar-refractivity contribution in [1.82, 2.24) is 10.6 Å². The van der Waals surface area contributed by atoms with Gasteiger partial charge in [-0.15, -0.1) is 0 Å². The molecule has 1 heterocycles. The van der Waals surface area contributed by atoms with Crippen molar-refractivity contribution in [2.75, 3.05) is 26.2 Å². The summed E-state index contributed by atoms with van der Waals surface area (Å²) in [5.74, 6) is 1.000. The Balaban J connectivity index is 1.40. The molecular weight excluding hydrogens is 220 g/mol. The highest BCUT2D eigenvalue weighted by atomic mass is 14.9. The molecule has 1 aliphatic carbocycles. The second-order valence-corrected chi connectivity index (χ2v) is 6.49. The van der Waals surface area contributed by atoms with Crippen molar-refractivity contribution in [3.8, 4) is 0 Å². The van der Waals surface area contributed by atoms with Crippen LogP contribution in [0.1, 0.15) is 64.7 Å². The van der Waals surface area contributed by atoms with Gasteiger partial charge in [-0.2, -0.15) is 0 Å². The number of hydrogen-bond donors (Lipinski definition) is 2. The summed E-state index contributed by atoms with van der Waals surface area (Å²) < 4.78 is 0. The van der Waals surface area contributed by atoms with Gasteiger partial charge in [0.25, 0.3) is 0 Å². The van der Waals surface area contributed by atoms with Gasteiger partial charge < -0.3 is 10.6 Å². The Bertz CT molecular complexity index is 221. The van der Waals surface area contributed by atoms with Crippen LogP contribution in [-0.2, 0) is 0 Å². The highest BCUT2D eigenvalue weighted by molar-refractivity contribution is 5.04. The zero-order valence-electron chi connectivity index (χ0n) is 12.3. The van der Waals surface area contributed by atoms with E-state index in [0.717, 1.165) is 11.3 Å². The SMILES string of the molecule is CCCCCCCCNCC1CC12CCNCC2. The lowest BCUT2D eigenvalue weighted by molar-refractivity contribution is 0.318. The number of rotatable bonds is 9. The topological polar surface area (TPSA) is 24.1 Å². The lowest BCUT2D eigenvalue weighted by Crippen LogP contribution is -2.31. The minimum Gasteiger partial charge on any atom is -0.317 e. The summed E-state index contributed by atoms with van der Waals surface area (Å²) in [6.07, 6.45) is 12.8. The van der Waals surface area contributed by atoms with Gasteiger partial charge in [0.2, 0.25) is 0 Å². The highest BCUT2D eigenvalue weighted by Gasteiger charge is 2.52. The van der Waals surface area contributed by atoms with Crippen molar-refractivity contribution in [2.24, 2.45) is 11.3 Å². The fourth-order valence-electron chi connectivity index (χ4n) is 3.56. The largest absolute Gasteiger partial charge is 0.317 e. The van der Waals surface area contributed by atoms with Crippen LogP contribution < -0.4 is 10.6 Å². The van der Waals surface area contributed by atoms with Gasteiger partial charge in [0, 0.05) is 0 Å². The molecule has 2 N–H and O–H groups in total. The summed E-state index contributed by atoms with van der Waals surface area (Å²) in [4.78, 5) is 0. The monoisotopic (exact) mass is 252 g/mol. The van der Waals surface area contributed by atoms with Crippen LogP contribution in [0.5, 0.6) is 0 Å². The third-order valence-corrected chi connectivity index (χ3v) is 5.06. The summed E-state index contributed by atoms with van der Waals surface area (Å²) in [7, 11) is 0. The fourth-order valence-corrected chi connectivity index (χ4v) is 3.56. The van der Waals surface area contributed by atoms with Gasteiger partial charge in [-0.1, -0.05) is 39.0 Å². The predicted octanol–water partition coefficient (Wildman–Crippen LogP) is 3.33. The van der Waals surface area contributed by atoms with E-state index < -0.39 is 0 Å². The van der Waals surface area contributed by atoms with Crippen LogP contribution in [-0.4, -0.2) is 26.2 Å². The Hall–Kier alpha value is -0.0800. The number of hydrogen-bond acceptors (Lipinski definition) is 2. The zero-order chi connectivity index (χ0) is 12.7. The van der Waals surface area contributed by atoms with Gasteiger partial charge >= 0.3 is 0 Å². The molecule has 2 aliphatic rings. The van der Waals surface area contributed by atoms with Gasteiger partial charge in [0.1, 0.15) is 0 Å². The molecule has 18 heavy (non-hydrogen) atoms. The minimum absolute atomic E-state index is 0.763. The molecule has 0 aromatic heterocycles.